The molecule has 1 N–H and O–H groups in total. The highest BCUT2D eigenvalue weighted by molar-refractivity contribution is 5.37. The van der Waals surface area contributed by atoms with E-state index in [9.17, 15) is 5.11 Å². The lowest BCUT2D eigenvalue weighted by atomic mass is 10.0. The molecule has 0 spiro atoms. The van der Waals surface area contributed by atoms with E-state index in [1.165, 1.54) is 5.56 Å². The predicted octanol–water partition coefficient (Wildman–Crippen LogP) is 2.48. The van der Waals surface area contributed by atoms with Crippen molar-refractivity contribution in [3.63, 3.8) is 0 Å². The SMILES string of the molecule is Cc1ccc(O)c(C(C)N2CCOCC2C)c1. The molecule has 1 aromatic rings. The van der Waals surface area contributed by atoms with Crippen LogP contribution in [0.1, 0.15) is 31.0 Å². The van der Waals surface area contributed by atoms with Crippen LogP contribution in [0.5, 0.6) is 5.75 Å². The maximum Gasteiger partial charge on any atom is 0.120 e. The van der Waals surface area contributed by atoms with Gasteiger partial charge in [0.05, 0.1) is 13.2 Å². The summed E-state index contributed by atoms with van der Waals surface area (Å²) >= 11 is 0. The van der Waals surface area contributed by atoms with Crippen LogP contribution < -0.4 is 0 Å². The van der Waals surface area contributed by atoms with Crippen LogP contribution >= 0.6 is 0 Å². The van der Waals surface area contributed by atoms with Gasteiger partial charge in [0.1, 0.15) is 5.75 Å². The Balaban J connectivity index is 2.23. The lowest BCUT2D eigenvalue weighted by Crippen LogP contribution is -2.44. The molecular weight excluding hydrogens is 214 g/mol. The number of phenolic OH excluding ortho intramolecular Hbond substituents is 1. The highest BCUT2D eigenvalue weighted by Gasteiger charge is 2.26. The van der Waals surface area contributed by atoms with Gasteiger partial charge in [-0.05, 0) is 26.8 Å². The maximum absolute atomic E-state index is 9.96. The summed E-state index contributed by atoms with van der Waals surface area (Å²) in [4.78, 5) is 2.39. The third-order valence-electron chi connectivity index (χ3n) is 3.55. The van der Waals surface area contributed by atoms with Gasteiger partial charge in [-0.3, -0.25) is 4.90 Å². The molecule has 1 aromatic carbocycles. The van der Waals surface area contributed by atoms with Crippen molar-refractivity contribution in [3.05, 3.63) is 29.3 Å². The summed E-state index contributed by atoms with van der Waals surface area (Å²) in [6, 6.07) is 6.43. The number of aromatic hydroxyl groups is 1. The summed E-state index contributed by atoms with van der Waals surface area (Å²) in [5.41, 5.74) is 2.20. The number of rotatable bonds is 2. The second-order valence-corrected chi connectivity index (χ2v) is 4.90. The molecule has 0 bridgehead atoms. The first kappa shape index (κ1) is 12.4. The summed E-state index contributed by atoms with van der Waals surface area (Å²) in [5, 5.41) is 9.96. The van der Waals surface area contributed by atoms with Gasteiger partial charge in [0, 0.05) is 24.2 Å². The van der Waals surface area contributed by atoms with Crippen LogP contribution in [0.25, 0.3) is 0 Å². The summed E-state index contributed by atoms with van der Waals surface area (Å²) in [6.45, 7) is 8.85. The van der Waals surface area contributed by atoms with E-state index in [1.54, 1.807) is 6.07 Å². The van der Waals surface area contributed by atoms with E-state index in [0.717, 1.165) is 25.3 Å². The fraction of sp³-hybridized carbons (Fsp3) is 0.571. The molecule has 1 heterocycles. The molecule has 1 aliphatic heterocycles. The van der Waals surface area contributed by atoms with E-state index in [1.807, 2.05) is 6.07 Å². The molecule has 1 fully saturated rings. The van der Waals surface area contributed by atoms with Crippen molar-refractivity contribution in [1.29, 1.82) is 0 Å². The quantitative estimate of drug-likeness (QED) is 0.854. The van der Waals surface area contributed by atoms with Gasteiger partial charge in [-0.1, -0.05) is 17.7 Å². The van der Waals surface area contributed by atoms with E-state index in [-0.39, 0.29) is 6.04 Å². The summed E-state index contributed by atoms with van der Waals surface area (Å²) in [5.74, 6) is 0.391. The first-order chi connectivity index (χ1) is 8.09. The largest absolute Gasteiger partial charge is 0.508 e. The Morgan fingerprint density at radius 3 is 2.94 bits per heavy atom. The normalized spacial score (nSPS) is 23.6. The third-order valence-corrected chi connectivity index (χ3v) is 3.55. The first-order valence-corrected chi connectivity index (χ1v) is 6.22. The molecule has 0 radical (unpaired) electrons. The topological polar surface area (TPSA) is 32.7 Å². The van der Waals surface area contributed by atoms with E-state index in [4.69, 9.17) is 4.74 Å². The minimum Gasteiger partial charge on any atom is -0.508 e. The molecule has 2 atom stereocenters. The summed E-state index contributed by atoms with van der Waals surface area (Å²) in [7, 11) is 0. The van der Waals surface area contributed by atoms with Crippen molar-refractivity contribution in [1.82, 2.24) is 4.90 Å². The number of morpholine rings is 1. The van der Waals surface area contributed by atoms with Gasteiger partial charge in [0.25, 0.3) is 0 Å². The average Bonchev–Trinajstić information content (AvgIpc) is 2.32. The van der Waals surface area contributed by atoms with E-state index in [0.29, 0.717) is 11.8 Å². The van der Waals surface area contributed by atoms with Crippen LogP contribution in [-0.2, 0) is 4.74 Å². The van der Waals surface area contributed by atoms with Crippen LogP contribution in [0.3, 0.4) is 0 Å². The second-order valence-electron chi connectivity index (χ2n) is 4.90. The lowest BCUT2D eigenvalue weighted by Gasteiger charge is -2.38. The minimum absolute atomic E-state index is 0.230. The molecule has 3 heteroatoms. The molecule has 94 valence electrons. The van der Waals surface area contributed by atoms with Crippen molar-refractivity contribution in [2.24, 2.45) is 0 Å². The molecule has 0 amide bonds. The van der Waals surface area contributed by atoms with Crippen LogP contribution in [-0.4, -0.2) is 35.8 Å². The fourth-order valence-electron chi connectivity index (χ4n) is 2.50. The highest BCUT2D eigenvalue weighted by atomic mass is 16.5. The molecule has 1 aliphatic rings. The van der Waals surface area contributed by atoms with E-state index >= 15 is 0 Å². The van der Waals surface area contributed by atoms with Crippen molar-refractivity contribution in [2.75, 3.05) is 19.8 Å². The number of aryl methyl sites for hydroxylation is 1. The Labute approximate surface area is 103 Å². The number of hydrogen-bond acceptors (Lipinski definition) is 3. The van der Waals surface area contributed by atoms with Gasteiger partial charge < -0.3 is 9.84 Å². The zero-order chi connectivity index (χ0) is 12.4. The Morgan fingerprint density at radius 1 is 1.47 bits per heavy atom. The van der Waals surface area contributed by atoms with Crippen molar-refractivity contribution >= 4 is 0 Å². The van der Waals surface area contributed by atoms with Crippen LogP contribution in [0.2, 0.25) is 0 Å². The molecule has 0 aromatic heterocycles. The van der Waals surface area contributed by atoms with Crippen molar-refractivity contribution in [3.8, 4) is 5.75 Å². The lowest BCUT2D eigenvalue weighted by molar-refractivity contribution is -0.0194. The van der Waals surface area contributed by atoms with Crippen molar-refractivity contribution in [2.45, 2.75) is 32.9 Å². The average molecular weight is 235 g/mol. The second kappa shape index (κ2) is 5.07. The van der Waals surface area contributed by atoms with Gasteiger partial charge in [-0.15, -0.1) is 0 Å². The smallest absolute Gasteiger partial charge is 0.120 e. The van der Waals surface area contributed by atoms with Crippen LogP contribution in [0.4, 0.5) is 0 Å². The summed E-state index contributed by atoms with van der Waals surface area (Å²) < 4.78 is 5.45. The zero-order valence-electron chi connectivity index (χ0n) is 10.8. The minimum atomic E-state index is 0.230. The molecule has 0 aliphatic carbocycles. The monoisotopic (exact) mass is 235 g/mol. The maximum atomic E-state index is 9.96. The predicted molar refractivity (Wildman–Crippen MR) is 68.2 cm³/mol. The molecule has 3 nitrogen and oxygen atoms in total. The van der Waals surface area contributed by atoms with Gasteiger partial charge in [-0.2, -0.15) is 0 Å². The van der Waals surface area contributed by atoms with Crippen molar-refractivity contribution < 1.29 is 9.84 Å². The van der Waals surface area contributed by atoms with Gasteiger partial charge in [0.2, 0.25) is 0 Å². The van der Waals surface area contributed by atoms with Gasteiger partial charge in [-0.25, -0.2) is 0 Å². The molecule has 2 rings (SSSR count). The molecule has 2 unspecified atom stereocenters. The Hall–Kier alpha value is -1.06. The number of nitrogens with zero attached hydrogens (tertiary/aromatic N) is 1. The van der Waals surface area contributed by atoms with Crippen LogP contribution in [0.15, 0.2) is 18.2 Å². The summed E-state index contributed by atoms with van der Waals surface area (Å²) in [6.07, 6.45) is 0. The molecule has 0 saturated carbocycles. The van der Waals surface area contributed by atoms with Gasteiger partial charge >= 0.3 is 0 Å². The Bertz CT molecular complexity index is 392. The zero-order valence-corrected chi connectivity index (χ0v) is 10.8. The molecular formula is C14H21NO2. The van der Waals surface area contributed by atoms with E-state index in [2.05, 4.69) is 31.7 Å². The molecule has 1 saturated heterocycles. The number of phenols is 1. The van der Waals surface area contributed by atoms with Crippen LogP contribution in [0, 0.1) is 6.92 Å². The van der Waals surface area contributed by atoms with E-state index < -0.39 is 0 Å². The van der Waals surface area contributed by atoms with Gasteiger partial charge in [0.15, 0.2) is 0 Å². The fourth-order valence-corrected chi connectivity index (χ4v) is 2.50. The third kappa shape index (κ3) is 2.61. The Kier molecular flexibility index (Phi) is 3.69. The molecule has 17 heavy (non-hydrogen) atoms. The number of ether oxygens (including phenoxy) is 1. The highest BCUT2D eigenvalue weighted by Crippen LogP contribution is 2.31. The standard InChI is InChI=1S/C14H21NO2/c1-10-4-5-14(16)13(8-10)12(3)15-6-7-17-9-11(15)2/h4-5,8,11-12,16H,6-7,9H2,1-3H3. The number of benzene rings is 1. The number of hydrogen-bond donors (Lipinski definition) is 1. The Morgan fingerprint density at radius 2 is 2.24 bits per heavy atom. The first-order valence-electron chi connectivity index (χ1n) is 6.22.